The highest BCUT2D eigenvalue weighted by molar-refractivity contribution is 6.08. The molecule has 4 aromatic rings. The van der Waals surface area contributed by atoms with Gasteiger partial charge in [-0.3, -0.25) is 9.59 Å². The van der Waals surface area contributed by atoms with E-state index in [1.54, 1.807) is 36.4 Å². The topological polar surface area (TPSA) is 177 Å². The van der Waals surface area contributed by atoms with E-state index in [2.05, 4.69) is 35.9 Å². The Bertz CT molecular complexity index is 1330. The number of nitrogens with one attached hydrogen (secondary N) is 4. The molecule has 0 aliphatic rings. The molecule has 0 unspecified atom stereocenters. The van der Waals surface area contributed by atoms with Crippen molar-refractivity contribution in [2.45, 2.75) is 19.9 Å². The Morgan fingerprint density at radius 2 is 1.82 bits per heavy atom. The molecule has 11 nitrogen and oxygen atoms in total. The van der Waals surface area contributed by atoms with E-state index in [1.807, 2.05) is 13.0 Å². The van der Waals surface area contributed by atoms with Crippen LogP contribution in [-0.2, 0) is 6.54 Å². The Labute approximate surface area is 195 Å². The normalized spacial score (nSPS) is 10.8. The fourth-order valence-corrected chi connectivity index (χ4v) is 3.27. The molecule has 2 aromatic carbocycles. The van der Waals surface area contributed by atoms with E-state index in [-0.39, 0.29) is 5.91 Å². The number of amides is 2. The maximum absolute atomic E-state index is 13.0. The highest BCUT2D eigenvalue weighted by atomic mass is 16.2. The lowest BCUT2D eigenvalue weighted by atomic mass is 10.2. The zero-order chi connectivity index (χ0) is 24.1. The number of hydrogen-bond acceptors (Lipinski definition) is 8. The van der Waals surface area contributed by atoms with Gasteiger partial charge in [0.25, 0.3) is 5.91 Å². The number of carbonyl (C=O) groups is 2. The van der Waals surface area contributed by atoms with Crippen LogP contribution in [0.5, 0.6) is 0 Å². The molecule has 0 aliphatic heterocycles. The van der Waals surface area contributed by atoms with Gasteiger partial charge in [0.1, 0.15) is 17.2 Å². The summed E-state index contributed by atoms with van der Waals surface area (Å²) in [6.07, 6.45) is 2.31. The molecule has 4 rings (SSSR count). The van der Waals surface area contributed by atoms with Gasteiger partial charge in [0.15, 0.2) is 0 Å². The molecule has 0 aliphatic carbocycles. The van der Waals surface area contributed by atoms with E-state index in [4.69, 9.17) is 11.5 Å². The summed E-state index contributed by atoms with van der Waals surface area (Å²) in [5.74, 6) is 0.517. The van der Waals surface area contributed by atoms with Gasteiger partial charge in [-0.15, -0.1) is 0 Å². The number of aromatic amines is 1. The summed E-state index contributed by atoms with van der Waals surface area (Å²) >= 11 is 0. The molecule has 11 heteroatoms. The smallest absolute Gasteiger partial charge is 0.260 e. The summed E-state index contributed by atoms with van der Waals surface area (Å²) < 4.78 is 0. The second-order valence-corrected chi connectivity index (χ2v) is 7.52. The third-order valence-corrected chi connectivity index (χ3v) is 4.98. The van der Waals surface area contributed by atoms with Crippen LogP contribution in [0.4, 0.5) is 23.1 Å². The summed E-state index contributed by atoms with van der Waals surface area (Å²) in [6, 6.07) is 12.0. The van der Waals surface area contributed by atoms with Gasteiger partial charge in [0.2, 0.25) is 11.9 Å². The Morgan fingerprint density at radius 3 is 2.53 bits per heavy atom. The quantitative estimate of drug-likeness (QED) is 0.221. The number of carbonyl (C=O) groups excluding carboxylic acids is 2. The molecule has 2 aromatic heterocycles. The number of nitrogens with two attached hydrogens (primary N) is 2. The number of primary amides is 1. The van der Waals surface area contributed by atoms with Crippen molar-refractivity contribution in [3.05, 3.63) is 65.6 Å². The van der Waals surface area contributed by atoms with Gasteiger partial charge < -0.3 is 32.4 Å². The van der Waals surface area contributed by atoms with Crippen LogP contribution >= 0.6 is 0 Å². The zero-order valence-corrected chi connectivity index (χ0v) is 18.6. The van der Waals surface area contributed by atoms with Crippen LogP contribution in [0, 0.1) is 0 Å². The number of H-pyrrole nitrogens is 1. The highest BCUT2D eigenvalue weighted by Gasteiger charge is 2.16. The van der Waals surface area contributed by atoms with Crippen molar-refractivity contribution >= 4 is 46.0 Å². The first-order chi connectivity index (χ1) is 16.5. The number of fused-ring (bicyclic) bond motifs is 1. The average Bonchev–Trinajstić information content (AvgIpc) is 3.25. The van der Waals surface area contributed by atoms with E-state index in [0.29, 0.717) is 53.2 Å². The van der Waals surface area contributed by atoms with E-state index in [1.165, 1.54) is 6.20 Å². The van der Waals surface area contributed by atoms with Crippen molar-refractivity contribution < 1.29 is 9.59 Å². The molecule has 34 heavy (non-hydrogen) atoms. The Morgan fingerprint density at radius 1 is 1.06 bits per heavy atom. The molecule has 0 saturated carbocycles. The predicted molar refractivity (Wildman–Crippen MR) is 131 cm³/mol. The molecule has 0 saturated heterocycles. The molecule has 0 radical (unpaired) electrons. The molecule has 2 amide bonds. The zero-order valence-electron chi connectivity index (χ0n) is 18.6. The van der Waals surface area contributed by atoms with Crippen LogP contribution in [0.1, 0.15) is 39.9 Å². The number of rotatable bonds is 9. The molecular formula is C23H25N9O2. The first-order valence-corrected chi connectivity index (χ1v) is 10.7. The minimum atomic E-state index is -0.504. The third-order valence-electron chi connectivity index (χ3n) is 4.98. The highest BCUT2D eigenvalue weighted by Crippen LogP contribution is 2.21. The van der Waals surface area contributed by atoms with Crippen LogP contribution in [-0.4, -0.2) is 38.3 Å². The fourth-order valence-electron chi connectivity index (χ4n) is 3.27. The van der Waals surface area contributed by atoms with Crippen LogP contribution < -0.4 is 27.4 Å². The molecule has 2 heterocycles. The number of hydrogen-bond donors (Lipinski definition) is 6. The van der Waals surface area contributed by atoms with Gasteiger partial charge in [0, 0.05) is 29.7 Å². The van der Waals surface area contributed by atoms with Crippen molar-refractivity contribution in [3.63, 3.8) is 0 Å². The summed E-state index contributed by atoms with van der Waals surface area (Å²) in [5, 5.41) is 9.12. The average molecular weight is 460 g/mol. The van der Waals surface area contributed by atoms with E-state index >= 15 is 0 Å². The summed E-state index contributed by atoms with van der Waals surface area (Å²) in [7, 11) is 0. The van der Waals surface area contributed by atoms with Crippen LogP contribution in [0.3, 0.4) is 0 Å². The predicted octanol–water partition coefficient (Wildman–Crippen LogP) is 2.73. The SMILES string of the molecule is CCCNc1nc(Nc2ccc(C(N)=O)cc2)ncc1C(=O)Nc1ccc2nc(CN)[nH]c2c1. The molecule has 8 N–H and O–H groups in total. The largest absolute Gasteiger partial charge is 0.369 e. The number of imidazole rings is 1. The van der Waals surface area contributed by atoms with Gasteiger partial charge in [0.05, 0.1) is 17.6 Å². The standard InChI is InChI=1S/C23H25N9O2/c1-2-9-26-21-16(12-27-23(32-21)29-14-5-3-13(4-6-14)20(25)33)22(34)28-15-7-8-17-18(10-15)31-19(11-24)30-17/h3-8,10,12H,2,9,11,24H2,1H3,(H2,25,33)(H,28,34)(H,30,31)(H2,26,27,29,32). The lowest BCUT2D eigenvalue weighted by molar-refractivity contribution is 0.0997. The summed E-state index contributed by atoms with van der Waals surface area (Å²) in [5.41, 5.74) is 14.4. The first-order valence-electron chi connectivity index (χ1n) is 10.7. The molecule has 0 fully saturated rings. The molecule has 0 atom stereocenters. The molecular weight excluding hydrogens is 434 g/mol. The summed E-state index contributed by atoms with van der Waals surface area (Å²) in [6.45, 7) is 2.95. The van der Waals surface area contributed by atoms with E-state index < -0.39 is 5.91 Å². The molecule has 174 valence electrons. The maximum atomic E-state index is 13.0. The number of anilines is 4. The van der Waals surface area contributed by atoms with Crippen LogP contribution in [0.15, 0.2) is 48.7 Å². The van der Waals surface area contributed by atoms with E-state index in [9.17, 15) is 9.59 Å². The van der Waals surface area contributed by atoms with Crippen molar-refractivity contribution in [1.82, 2.24) is 19.9 Å². The van der Waals surface area contributed by atoms with Gasteiger partial charge in [-0.05, 0) is 48.9 Å². The number of nitrogens with zero attached hydrogens (tertiary/aromatic N) is 3. The lowest BCUT2D eigenvalue weighted by Gasteiger charge is -2.13. The number of benzene rings is 2. The Hall–Kier alpha value is -4.51. The second-order valence-electron chi connectivity index (χ2n) is 7.52. The fraction of sp³-hybridized carbons (Fsp3) is 0.174. The first kappa shape index (κ1) is 22.7. The van der Waals surface area contributed by atoms with Crippen molar-refractivity contribution in [2.75, 3.05) is 22.5 Å². The summed E-state index contributed by atoms with van der Waals surface area (Å²) in [4.78, 5) is 40.5. The molecule has 0 bridgehead atoms. The van der Waals surface area contributed by atoms with Crippen molar-refractivity contribution in [1.29, 1.82) is 0 Å². The van der Waals surface area contributed by atoms with E-state index in [0.717, 1.165) is 17.5 Å². The van der Waals surface area contributed by atoms with Crippen molar-refractivity contribution in [3.8, 4) is 0 Å². The van der Waals surface area contributed by atoms with Crippen molar-refractivity contribution in [2.24, 2.45) is 11.5 Å². The van der Waals surface area contributed by atoms with Crippen LogP contribution in [0.25, 0.3) is 11.0 Å². The monoisotopic (exact) mass is 459 g/mol. The Kier molecular flexibility index (Phi) is 6.64. The minimum absolute atomic E-state index is 0.301. The second kappa shape index (κ2) is 9.96. The lowest BCUT2D eigenvalue weighted by Crippen LogP contribution is -2.17. The Balaban J connectivity index is 1.55. The van der Waals surface area contributed by atoms with Gasteiger partial charge >= 0.3 is 0 Å². The van der Waals surface area contributed by atoms with Gasteiger partial charge in [-0.1, -0.05) is 6.92 Å². The van der Waals surface area contributed by atoms with Gasteiger partial charge in [-0.25, -0.2) is 9.97 Å². The number of aromatic nitrogens is 4. The maximum Gasteiger partial charge on any atom is 0.260 e. The molecule has 0 spiro atoms. The minimum Gasteiger partial charge on any atom is -0.369 e. The van der Waals surface area contributed by atoms with Crippen LogP contribution in [0.2, 0.25) is 0 Å². The van der Waals surface area contributed by atoms with Gasteiger partial charge in [-0.2, -0.15) is 4.98 Å². The third kappa shape index (κ3) is 5.10.